The van der Waals surface area contributed by atoms with Gasteiger partial charge in [-0.3, -0.25) is 0 Å². The summed E-state index contributed by atoms with van der Waals surface area (Å²) in [6, 6.07) is 11.5. The van der Waals surface area contributed by atoms with E-state index in [-0.39, 0.29) is 6.09 Å². The Labute approximate surface area is 240 Å². The maximum atomic E-state index is 12.1. The quantitative estimate of drug-likeness (QED) is 0.224. The van der Waals surface area contributed by atoms with E-state index in [4.69, 9.17) is 17.9 Å². The lowest BCUT2D eigenvalue weighted by Crippen LogP contribution is -2.39. The summed E-state index contributed by atoms with van der Waals surface area (Å²) < 4.78 is 5.42. The van der Waals surface area contributed by atoms with Crippen molar-refractivity contribution >= 4 is 50.4 Å². The van der Waals surface area contributed by atoms with Gasteiger partial charge in [-0.05, 0) is 86.3 Å². The predicted octanol–water partition coefficient (Wildman–Crippen LogP) is 7.84. The van der Waals surface area contributed by atoms with Gasteiger partial charge in [-0.25, -0.2) is 14.5 Å². The van der Waals surface area contributed by atoms with Gasteiger partial charge in [0, 0.05) is 54.2 Å². The Morgan fingerprint density at radius 3 is 1.93 bits per heavy atom. The molecule has 8 heteroatoms. The molecule has 4 heterocycles. The van der Waals surface area contributed by atoms with Crippen LogP contribution in [0.15, 0.2) is 60.9 Å². The lowest BCUT2D eigenvalue weighted by atomic mass is 9.99. The molecule has 1 amide bonds. The Balaban J connectivity index is 0.000000174. The summed E-state index contributed by atoms with van der Waals surface area (Å²) in [6.45, 7) is 23.0. The molecule has 2 aromatic heterocycles. The summed E-state index contributed by atoms with van der Waals surface area (Å²) >= 11 is 0. The third kappa shape index (κ3) is 6.35. The Morgan fingerprint density at radius 1 is 0.878 bits per heavy atom. The maximum Gasteiger partial charge on any atom is 0.410 e. The van der Waals surface area contributed by atoms with Gasteiger partial charge >= 0.3 is 6.09 Å². The summed E-state index contributed by atoms with van der Waals surface area (Å²) in [5, 5.41) is 5.53. The highest BCUT2D eigenvalue weighted by Crippen LogP contribution is 2.32. The molecule has 8 nitrogen and oxygen atoms in total. The first-order valence-corrected chi connectivity index (χ1v) is 13.8. The van der Waals surface area contributed by atoms with E-state index < -0.39 is 5.60 Å². The molecule has 6 rings (SSSR count). The van der Waals surface area contributed by atoms with Crippen molar-refractivity contribution in [2.24, 2.45) is 0 Å². The van der Waals surface area contributed by atoms with Crippen LogP contribution < -0.4 is 5.32 Å². The molecule has 208 valence electrons. The number of hydrogen-bond donors (Lipinski definition) is 3. The van der Waals surface area contributed by atoms with Crippen LogP contribution in [-0.2, 0) is 4.74 Å². The highest BCUT2D eigenvalue weighted by molar-refractivity contribution is 5.96. The van der Waals surface area contributed by atoms with Crippen LogP contribution in [0, 0.1) is 13.1 Å². The van der Waals surface area contributed by atoms with E-state index in [1.165, 1.54) is 16.7 Å². The number of carbonyl (C=O) groups excluding carboxylic acids is 1. The zero-order chi connectivity index (χ0) is 29.0. The molecule has 0 unspecified atom stereocenters. The number of aromatic amines is 2. The van der Waals surface area contributed by atoms with Crippen LogP contribution in [0.25, 0.3) is 42.6 Å². The van der Waals surface area contributed by atoms with Crippen LogP contribution in [0.1, 0.15) is 44.7 Å². The van der Waals surface area contributed by atoms with Crippen LogP contribution in [-0.4, -0.2) is 52.7 Å². The first kappa shape index (κ1) is 27.8. The van der Waals surface area contributed by atoms with Gasteiger partial charge in [0.15, 0.2) is 11.4 Å². The van der Waals surface area contributed by atoms with Gasteiger partial charge in [0.2, 0.25) is 0 Å². The average molecular weight is 547 g/mol. The number of nitrogens with zero attached hydrogens (tertiary/aromatic N) is 3. The van der Waals surface area contributed by atoms with Crippen LogP contribution in [0.4, 0.5) is 16.2 Å². The third-order valence-electron chi connectivity index (χ3n) is 7.21. The Kier molecular flexibility index (Phi) is 7.96. The highest BCUT2D eigenvalue weighted by atomic mass is 16.6. The number of benzene rings is 2. The van der Waals surface area contributed by atoms with Crippen molar-refractivity contribution in [3.63, 3.8) is 0 Å². The second-order valence-corrected chi connectivity index (χ2v) is 11.2. The highest BCUT2D eigenvalue weighted by Gasteiger charge is 2.24. The molecule has 0 bridgehead atoms. The number of amides is 1. The predicted molar refractivity (Wildman–Crippen MR) is 165 cm³/mol. The molecule has 0 spiro atoms. The molecule has 0 aliphatic carbocycles. The van der Waals surface area contributed by atoms with Crippen LogP contribution >= 0.6 is 0 Å². The second-order valence-electron chi connectivity index (χ2n) is 11.2. The molecular formula is C33H34N6O2. The van der Waals surface area contributed by atoms with Crippen molar-refractivity contribution in [2.75, 3.05) is 26.2 Å². The first-order chi connectivity index (χ1) is 19.8. The molecule has 3 N–H and O–H groups in total. The molecule has 4 aromatic rings. The van der Waals surface area contributed by atoms with Gasteiger partial charge in [-0.1, -0.05) is 24.3 Å². The normalized spacial score (nSPS) is 15.3. The number of fused-ring (bicyclic) bond motifs is 2. The van der Waals surface area contributed by atoms with E-state index in [0.29, 0.717) is 24.5 Å². The fraction of sp³-hybridized carbons (Fsp3) is 0.303. The van der Waals surface area contributed by atoms with Crippen LogP contribution in [0.2, 0.25) is 0 Å². The summed E-state index contributed by atoms with van der Waals surface area (Å²) in [7, 11) is 0. The number of hydrogen-bond acceptors (Lipinski definition) is 3. The molecule has 0 saturated heterocycles. The Morgan fingerprint density at radius 2 is 1.46 bits per heavy atom. The summed E-state index contributed by atoms with van der Waals surface area (Å²) in [6.07, 6.45) is 9.89. The van der Waals surface area contributed by atoms with Gasteiger partial charge in [0.1, 0.15) is 5.60 Å². The van der Waals surface area contributed by atoms with Gasteiger partial charge in [0.25, 0.3) is 0 Å². The number of carbonyl (C=O) groups is 1. The molecule has 2 aliphatic heterocycles. The Hall–Kier alpha value is -4.79. The van der Waals surface area contributed by atoms with Gasteiger partial charge in [0.05, 0.1) is 13.1 Å². The molecular weight excluding hydrogens is 512 g/mol. The van der Waals surface area contributed by atoms with E-state index in [9.17, 15) is 4.79 Å². The summed E-state index contributed by atoms with van der Waals surface area (Å²) in [5.74, 6) is 0. The van der Waals surface area contributed by atoms with Gasteiger partial charge in [-0.15, -0.1) is 0 Å². The maximum absolute atomic E-state index is 12.1. The largest absolute Gasteiger partial charge is 0.444 e. The zero-order valence-electron chi connectivity index (χ0n) is 23.7. The minimum Gasteiger partial charge on any atom is -0.444 e. The van der Waals surface area contributed by atoms with Crippen molar-refractivity contribution in [2.45, 2.75) is 39.2 Å². The first-order valence-electron chi connectivity index (χ1n) is 13.8. The Bertz CT molecular complexity index is 1740. The third-order valence-corrected chi connectivity index (χ3v) is 7.21. The van der Waals surface area contributed by atoms with Crippen molar-refractivity contribution < 1.29 is 9.53 Å². The van der Waals surface area contributed by atoms with Crippen molar-refractivity contribution in [3.05, 3.63) is 94.9 Å². The number of rotatable bonds is 2. The number of nitrogens with one attached hydrogen (secondary N) is 3. The molecule has 0 atom stereocenters. The molecule has 0 saturated carbocycles. The van der Waals surface area contributed by atoms with E-state index in [0.717, 1.165) is 53.3 Å². The minimum atomic E-state index is -0.478. The van der Waals surface area contributed by atoms with E-state index in [1.807, 2.05) is 63.4 Å². The SMILES string of the molecule is [C-]#[N+]c1ccc2[nH]cc(C3=CCN(C(=O)OC(C)(C)C)CC3)c2c1.[C-]#[N+]c1ccc2[nH]cc(C3=CCNCC3)c2c1. The van der Waals surface area contributed by atoms with Crippen LogP contribution in [0.3, 0.4) is 0 Å². The topological polar surface area (TPSA) is 81.9 Å². The van der Waals surface area contributed by atoms with Crippen molar-refractivity contribution in [1.29, 1.82) is 0 Å². The number of ether oxygens (including phenoxy) is 1. The average Bonchev–Trinajstić information content (AvgIpc) is 3.61. The molecule has 41 heavy (non-hydrogen) atoms. The molecule has 0 radical (unpaired) electrons. The minimum absolute atomic E-state index is 0.271. The summed E-state index contributed by atoms with van der Waals surface area (Å²) in [4.78, 5) is 27.4. The number of H-pyrrole nitrogens is 2. The van der Waals surface area contributed by atoms with Gasteiger partial charge < -0.3 is 24.9 Å². The molecule has 2 aliphatic rings. The van der Waals surface area contributed by atoms with Crippen molar-refractivity contribution in [1.82, 2.24) is 20.2 Å². The fourth-order valence-corrected chi connectivity index (χ4v) is 5.16. The lowest BCUT2D eigenvalue weighted by Gasteiger charge is -2.29. The molecule has 2 aromatic carbocycles. The fourth-order valence-electron chi connectivity index (χ4n) is 5.16. The standard InChI is InChI=1S/C19H21N3O2.C14H13N3/c1-19(2,3)24-18(23)22-9-7-13(8-10-22)16-12-21-17-6-5-14(20-4)11-15(16)17;1-15-11-2-3-14-12(8-11)13(9-17-14)10-4-6-16-7-5-10/h5-7,11-12,21H,8-10H2,1-3H3;2-4,8-9,16-17H,5-7H2. The number of aromatic nitrogens is 2. The van der Waals surface area contributed by atoms with E-state index in [1.54, 1.807) is 4.90 Å². The smallest absolute Gasteiger partial charge is 0.410 e. The van der Waals surface area contributed by atoms with E-state index >= 15 is 0 Å². The molecule has 0 fully saturated rings. The second kappa shape index (κ2) is 11.8. The van der Waals surface area contributed by atoms with Crippen LogP contribution in [0.5, 0.6) is 0 Å². The van der Waals surface area contributed by atoms with Crippen molar-refractivity contribution in [3.8, 4) is 0 Å². The summed E-state index contributed by atoms with van der Waals surface area (Å²) in [5.41, 5.74) is 7.91. The van der Waals surface area contributed by atoms with E-state index in [2.05, 4.69) is 43.3 Å². The lowest BCUT2D eigenvalue weighted by molar-refractivity contribution is 0.0270. The monoisotopic (exact) mass is 546 g/mol. The zero-order valence-corrected chi connectivity index (χ0v) is 23.7. The van der Waals surface area contributed by atoms with Gasteiger partial charge in [-0.2, -0.15) is 0 Å².